The van der Waals surface area contributed by atoms with Crippen molar-refractivity contribution in [2.75, 3.05) is 5.32 Å². The van der Waals surface area contributed by atoms with E-state index in [1.54, 1.807) is 23.0 Å². The summed E-state index contributed by atoms with van der Waals surface area (Å²) >= 11 is 0. The number of nitrogens with two attached hydrogens (primary N) is 1. The average Bonchev–Trinajstić information content (AvgIpc) is 3.17. The van der Waals surface area contributed by atoms with Gasteiger partial charge in [-0.05, 0) is 42.4 Å². The van der Waals surface area contributed by atoms with Crippen LogP contribution in [0.1, 0.15) is 61.5 Å². The predicted octanol–water partition coefficient (Wildman–Crippen LogP) is 3.43. The first-order valence-electron chi connectivity index (χ1n) is 10.6. The molecule has 1 saturated carbocycles. The highest BCUT2D eigenvalue weighted by molar-refractivity contribution is 6.55. The van der Waals surface area contributed by atoms with E-state index in [0.29, 0.717) is 17.3 Å². The van der Waals surface area contributed by atoms with Crippen LogP contribution in [-0.2, 0) is 0 Å². The summed E-state index contributed by atoms with van der Waals surface area (Å²) in [5.74, 6) is 0.376. The number of nitrogens with one attached hydrogen (secondary N) is 1. The summed E-state index contributed by atoms with van der Waals surface area (Å²) in [5.41, 5.74) is 8.23. The number of primary amides is 1. The first-order valence-corrected chi connectivity index (χ1v) is 10.6. The predicted molar refractivity (Wildman–Crippen MR) is 118 cm³/mol. The lowest BCUT2D eigenvalue weighted by molar-refractivity contribution is 0.100. The van der Waals surface area contributed by atoms with E-state index in [-0.39, 0.29) is 23.4 Å². The fourth-order valence-electron chi connectivity index (χ4n) is 4.29. The Kier molecular flexibility index (Phi) is 5.74. The van der Waals surface area contributed by atoms with Crippen molar-refractivity contribution < 1.29 is 14.5 Å². The Bertz CT molecular complexity index is 1070. The van der Waals surface area contributed by atoms with Gasteiger partial charge in [0.15, 0.2) is 5.82 Å². The number of nitrogens with zero attached hydrogens (tertiary/aromatic N) is 3. The van der Waals surface area contributed by atoms with Crippen molar-refractivity contribution in [1.82, 2.24) is 9.78 Å². The van der Waals surface area contributed by atoms with Crippen molar-refractivity contribution in [1.29, 1.82) is 5.26 Å². The minimum atomic E-state index is -0.952. The Morgan fingerprint density at radius 3 is 2.90 bits per heavy atom. The van der Waals surface area contributed by atoms with Gasteiger partial charge in [-0.15, -0.1) is 0 Å². The van der Waals surface area contributed by atoms with Gasteiger partial charge in [-0.3, -0.25) is 9.48 Å². The SMILES string of the molecule is CC(C)C1=Cc2cc(Nc3nn(C4CCCC[C@@H]4C#N)cc3C(N)=O)ccc2OB1O. The second-order valence-electron chi connectivity index (χ2n) is 8.47. The van der Waals surface area contributed by atoms with E-state index in [4.69, 9.17) is 10.4 Å². The van der Waals surface area contributed by atoms with Gasteiger partial charge in [0.1, 0.15) is 11.3 Å². The fourth-order valence-corrected chi connectivity index (χ4v) is 4.29. The molecule has 1 aliphatic heterocycles. The lowest BCUT2D eigenvalue weighted by Crippen LogP contribution is -2.30. The number of hydrogen-bond donors (Lipinski definition) is 3. The molecule has 1 aromatic heterocycles. The fraction of sp³-hybridized carbons (Fsp3) is 0.409. The number of amides is 1. The number of nitriles is 1. The Morgan fingerprint density at radius 1 is 1.42 bits per heavy atom. The maximum absolute atomic E-state index is 12.1. The van der Waals surface area contributed by atoms with Crippen LogP contribution >= 0.6 is 0 Å². The number of rotatable bonds is 5. The third-order valence-corrected chi connectivity index (χ3v) is 6.02. The number of anilines is 2. The molecule has 0 saturated heterocycles. The third-order valence-electron chi connectivity index (χ3n) is 6.02. The molecule has 2 atom stereocenters. The van der Waals surface area contributed by atoms with Crippen molar-refractivity contribution in [3.63, 3.8) is 0 Å². The number of fused-ring (bicyclic) bond motifs is 1. The summed E-state index contributed by atoms with van der Waals surface area (Å²) in [6.45, 7) is 3.99. The highest BCUT2D eigenvalue weighted by atomic mass is 16.5. The normalized spacial score (nSPS) is 20.5. The highest BCUT2D eigenvalue weighted by Gasteiger charge is 2.30. The molecule has 0 spiro atoms. The summed E-state index contributed by atoms with van der Waals surface area (Å²) in [5, 5.41) is 27.4. The number of hydrogen-bond acceptors (Lipinski definition) is 6. The molecule has 4 N–H and O–H groups in total. The number of carbonyl (C=O) groups is 1. The van der Waals surface area contributed by atoms with E-state index in [9.17, 15) is 15.1 Å². The van der Waals surface area contributed by atoms with E-state index < -0.39 is 13.0 Å². The van der Waals surface area contributed by atoms with Crippen molar-refractivity contribution in [3.8, 4) is 11.8 Å². The molecule has 4 rings (SSSR count). The van der Waals surface area contributed by atoms with E-state index in [2.05, 4.69) is 16.5 Å². The van der Waals surface area contributed by atoms with Gasteiger partial charge in [-0.25, -0.2) is 0 Å². The van der Waals surface area contributed by atoms with Crippen LogP contribution in [0.5, 0.6) is 5.75 Å². The molecule has 1 aliphatic carbocycles. The molecule has 1 fully saturated rings. The topological polar surface area (TPSA) is 126 Å². The molecular formula is C22H26BN5O3. The molecule has 1 amide bonds. The van der Waals surface area contributed by atoms with Crippen LogP contribution in [0.15, 0.2) is 29.9 Å². The quantitative estimate of drug-likeness (QED) is 0.638. The molecule has 0 radical (unpaired) electrons. The average molecular weight is 419 g/mol. The first-order chi connectivity index (χ1) is 14.9. The summed E-state index contributed by atoms with van der Waals surface area (Å²) in [6, 6.07) is 7.75. The highest BCUT2D eigenvalue weighted by Crippen LogP contribution is 2.36. The molecule has 1 unspecified atom stereocenters. The van der Waals surface area contributed by atoms with Gasteiger partial charge in [-0.1, -0.05) is 32.8 Å². The Hall–Kier alpha value is -3.25. The third kappa shape index (κ3) is 4.16. The molecule has 2 aliphatic rings. The van der Waals surface area contributed by atoms with E-state index in [1.807, 2.05) is 26.0 Å². The molecule has 160 valence electrons. The van der Waals surface area contributed by atoms with Gasteiger partial charge in [0.2, 0.25) is 0 Å². The number of allylic oxidation sites excluding steroid dienone is 1. The molecule has 2 heterocycles. The van der Waals surface area contributed by atoms with Gasteiger partial charge in [-0.2, -0.15) is 10.4 Å². The van der Waals surface area contributed by atoms with Crippen LogP contribution in [-0.4, -0.2) is 27.8 Å². The monoisotopic (exact) mass is 419 g/mol. The van der Waals surface area contributed by atoms with Crippen LogP contribution in [0.3, 0.4) is 0 Å². The van der Waals surface area contributed by atoms with Gasteiger partial charge in [0, 0.05) is 17.4 Å². The minimum Gasteiger partial charge on any atom is -0.532 e. The van der Waals surface area contributed by atoms with Crippen LogP contribution in [0.2, 0.25) is 0 Å². The zero-order valence-corrected chi connectivity index (χ0v) is 17.7. The molecule has 8 nitrogen and oxygen atoms in total. The summed E-state index contributed by atoms with van der Waals surface area (Å²) in [4.78, 5) is 12.1. The van der Waals surface area contributed by atoms with Crippen LogP contribution in [0.4, 0.5) is 11.5 Å². The van der Waals surface area contributed by atoms with E-state index in [1.165, 1.54) is 0 Å². The molecule has 2 aromatic rings. The van der Waals surface area contributed by atoms with Gasteiger partial charge < -0.3 is 20.7 Å². The second kappa shape index (κ2) is 8.48. The van der Waals surface area contributed by atoms with E-state index in [0.717, 1.165) is 36.7 Å². The largest absolute Gasteiger partial charge is 0.556 e. The van der Waals surface area contributed by atoms with Gasteiger partial charge in [0.05, 0.1) is 18.0 Å². The van der Waals surface area contributed by atoms with Crippen molar-refractivity contribution >= 4 is 30.6 Å². The minimum absolute atomic E-state index is 0.0673. The summed E-state index contributed by atoms with van der Waals surface area (Å²) < 4.78 is 7.33. The Balaban J connectivity index is 1.65. The Morgan fingerprint density at radius 2 is 2.19 bits per heavy atom. The van der Waals surface area contributed by atoms with Crippen molar-refractivity contribution in [2.24, 2.45) is 17.6 Å². The lowest BCUT2D eigenvalue weighted by Gasteiger charge is -2.26. The lowest BCUT2D eigenvalue weighted by atomic mass is 9.70. The second-order valence-corrected chi connectivity index (χ2v) is 8.47. The maximum Gasteiger partial charge on any atom is 0.556 e. The smallest absolute Gasteiger partial charge is 0.532 e. The number of benzene rings is 1. The van der Waals surface area contributed by atoms with Crippen LogP contribution < -0.4 is 15.7 Å². The standard InChI is InChI=1S/C22H26BN5O3/c1-13(2)18-10-15-9-16(7-8-20(15)31-23(18)30)26-22-17(21(25)29)12-28(27-22)19-6-4-3-5-14(19)11-24/h7-10,12-14,19,30H,3-6H2,1-2H3,(H2,25,29)(H,26,27)/t14-,19?/m1/s1. The zero-order valence-electron chi connectivity index (χ0n) is 17.7. The van der Waals surface area contributed by atoms with Crippen molar-refractivity contribution in [3.05, 3.63) is 41.0 Å². The summed E-state index contributed by atoms with van der Waals surface area (Å²) in [6.07, 6.45) is 7.29. The first kappa shape index (κ1) is 21.0. The van der Waals surface area contributed by atoms with E-state index >= 15 is 0 Å². The van der Waals surface area contributed by atoms with Crippen molar-refractivity contribution in [2.45, 2.75) is 45.6 Å². The number of aromatic nitrogens is 2. The molecule has 31 heavy (non-hydrogen) atoms. The number of carbonyl (C=O) groups excluding carboxylic acids is 1. The van der Waals surface area contributed by atoms with Gasteiger partial charge >= 0.3 is 7.12 Å². The molecule has 0 bridgehead atoms. The zero-order chi connectivity index (χ0) is 22.1. The summed E-state index contributed by atoms with van der Waals surface area (Å²) in [7, 11) is -0.952. The van der Waals surface area contributed by atoms with Gasteiger partial charge in [0.25, 0.3) is 5.91 Å². The Labute approximate surface area is 181 Å². The molecular weight excluding hydrogens is 393 g/mol. The molecule has 1 aromatic carbocycles. The maximum atomic E-state index is 12.1. The molecule has 9 heteroatoms. The van der Waals surface area contributed by atoms with Crippen LogP contribution in [0, 0.1) is 23.2 Å². The van der Waals surface area contributed by atoms with Crippen LogP contribution in [0.25, 0.3) is 6.08 Å².